The van der Waals surface area contributed by atoms with Crippen LogP contribution >= 0.6 is 23.2 Å². The minimum absolute atomic E-state index is 0.157. The fourth-order valence-electron chi connectivity index (χ4n) is 5.55. The molecule has 3 heterocycles. The number of nitrogens with zero attached hydrogens (tertiary/aromatic N) is 7. The van der Waals surface area contributed by atoms with Gasteiger partial charge in [0.05, 0.1) is 19.3 Å². The monoisotopic (exact) mass is 617 g/mol. The van der Waals surface area contributed by atoms with Crippen molar-refractivity contribution in [2.75, 3.05) is 75.8 Å². The first kappa shape index (κ1) is 29.2. The van der Waals surface area contributed by atoms with Gasteiger partial charge in [0, 0.05) is 73.5 Å². The summed E-state index contributed by atoms with van der Waals surface area (Å²) < 4.78 is 5.53. The van der Waals surface area contributed by atoms with E-state index in [0.717, 1.165) is 54.4 Å². The molecule has 11 heteroatoms. The lowest BCUT2D eigenvalue weighted by atomic mass is 10.0. The number of carbonyl (C=O) groups excluding carboxylic acids is 1. The number of carbonyl (C=O) groups is 1. The smallest absolute Gasteiger partial charge is 0.246 e. The molecule has 2 aliphatic rings. The number of amides is 1. The van der Waals surface area contributed by atoms with Gasteiger partial charge in [-0.1, -0.05) is 59.6 Å². The summed E-state index contributed by atoms with van der Waals surface area (Å²) in [7, 11) is 1.70. The molecular formula is C32H33Cl2N7O2. The summed E-state index contributed by atoms with van der Waals surface area (Å²) in [5, 5.41) is 10.4. The molecule has 0 atom stereocenters. The van der Waals surface area contributed by atoms with Crippen molar-refractivity contribution in [1.82, 2.24) is 25.0 Å². The Kier molecular flexibility index (Phi) is 8.92. The molecule has 0 N–H and O–H groups in total. The highest BCUT2D eigenvalue weighted by Crippen LogP contribution is 2.32. The lowest BCUT2D eigenvalue weighted by Crippen LogP contribution is -2.54. The van der Waals surface area contributed by atoms with E-state index in [0.29, 0.717) is 54.4 Å². The Bertz CT molecular complexity index is 1550. The topological polar surface area (TPSA) is 77.9 Å². The van der Waals surface area contributed by atoms with Crippen LogP contribution in [-0.4, -0.2) is 96.9 Å². The molecule has 0 radical (unpaired) electrons. The molecule has 222 valence electrons. The van der Waals surface area contributed by atoms with Gasteiger partial charge in [0.1, 0.15) is 17.1 Å². The summed E-state index contributed by atoms with van der Waals surface area (Å²) in [6, 6.07) is 23.1. The zero-order valence-electron chi connectivity index (χ0n) is 24.0. The molecule has 6 rings (SSSR count). The Morgan fingerprint density at radius 2 is 1.30 bits per heavy atom. The lowest BCUT2D eigenvalue weighted by Gasteiger charge is -2.38. The Morgan fingerprint density at radius 1 is 0.721 bits per heavy atom. The van der Waals surface area contributed by atoms with Gasteiger partial charge in [0.2, 0.25) is 11.9 Å². The Labute approximate surface area is 261 Å². The van der Waals surface area contributed by atoms with Crippen LogP contribution in [0.3, 0.4) is 0 Å². The third-order valence-corrected chi connectivity index (χ3v) is 8.49. The molecule has 0 spiro atoms. The van der Waals surface area contributed by atoms with E-state index in [2.05, 4.69) is 31.0 Å². The molecule has 0 unspecified atom stereocenters. The summed E-state index contributed by atoms with van der Waals surface area (Å²) in [5.74, 6) is 1.58. The molecule has 0 saturated carbocycles. The lowest BCUT2D eigenvalue weighted by molar-refractivity contribution is -0.132. The molecule has 1 aromatic heterocycles. The molecule has 1 amide bonds. The van der Waals surface area contributed by atoms with Gasteiger partial charge in [-0.25, -0.2) is 4.98 Å². The third-order valence-electron chi connectivity index (χ3n) is 7.98. The number of piperazine rings is 2. The summed E-state index contributed by atoms with van der Waals surface area (Å²) in [6.45, 7) is 6.28. The quantitative estimate of drug-likeness (QED) is 0.287. The van der Waals surface area contributed by atoms with Crippen LogP contribution in [0.15, 0.2) is 72.8 Å². The van der Waals surface area contributed by atoms with Gasteiger partial charge in [0.15, 0.2) is 0 Å². The van der Waals surface area contributed by atoms with Crippen LogP contribution in [0, 0.1) is 0 Å². The number of benzene rings is 3. The predicted octanol–water partition coefficient (Wildman–Crippen LogP) is 4.99. The minimum atomic E-state index is 0.157. The van der Waals surface area contributed by atoms with E-state index in [-0.39, 0.29) is 5.91 Å². The van der Waals surface area contributed by atoms with Gasteiger partial charge >= 0.3 is 0 Å². The maximum Gasteiger partial charge on any atom is 0.246 e. The zero-order valence-corrected chi connectivity index (χ0v) is 25.5. The van der Waals surface area contributed by atoms with Crippen LogP contribution in [-0.2, 0) is 4.79 Å². The van der Waals surface area contributed by atoms with Crippen molar-refractivity contribution < 1.29 is 9.53 Å². The van der Waals surface area contributed by atoms with Gasteiger partial charge in [-0.05, 0) is 36.4 Å². The van der Waals surface area contributed by atoms with E-state index >= 15 is 0 Å². The molecule has 0 aliphatic carbocycles. The molecule has 9 nitrogen and oxygen atoms in total. The average molecular weight is 619 g/mol. The zero-order chi connectivity index (χ0) is 29.8. The van der Waals surface area contributed by atoms with E-state index in [9.17, 15) is 4.79 Å². The Hall–Kier alpha value is -3.92. The SMILES string of the molecule is COc1ccccc1N1CCN(CC(=O)N2CCN(c3nnc(-c4ccc(Cl)cc4)c(-c4ccc(Cl)cc4)n3)CC2)CC1. The van der Waals surface area contributed by atoms with Gasteiger partial charge in [-0.15, -0.1) is 10.2 Å². The first-order valence-corrected chi connectivity index (χ1v) is 15.1. The number of ether oxygens (including phenoxy) is 1. The van der Waals surface area contributed by atoms with E-state index < -0.39 is 0 Å². The number of aromatic nitrogens is 3. The molecule has 2 aliphatic heterocycles. The van der Waals surface area contributed by atoms with Crippen molar-refractivity contribution in [2.24, 2.45) is 0 Å². The fourth-order valence-corrected chi connectivity index (χ4v) is 5.80. The fraction of sp³-hybridized carbons (Fsp3) is 0.312. The van der Waals surface area contributed by atoms with Gasteiger partial charge in [-0.3, -0.25) is 9.69 Å². The predicted molar refractivity (Wildman–Crippen MR) is 171 cm³/mol. The van der Waals surface area contributed by atoms with Crippen LogP contribution in [0.2, 0.25) is 10.0 Å². The molecule has 3 aromatic carbocycles. The second kappa shape index (κ2) is 13.2. The van der Waals surface area contributed by atoms with Crippen molar-refractivity contribution in [3.8, 4) is 28.3 Å². The maximum atomic E-state index is 13.2. The number of methoxy groups -OCH3 is 1. The van der Waals surface area contributed by atoms with Crippen LogP contribution in [0.1, 0.15) is 0 Å². The van der Waals surface area contributed by atoms with Crippen molar-refractivity contribution in [3.63, 3.8) is 0 Å². The first-order valence-electron chi connectivity index (χ1n) is 14.4. The maximum absolute atomic E-state index is 13.2. The summed E-state index contributed by atoms with van der Waals surface area (Å²) in [4.78, 5) is 26.8. The van der Waals surface area contributed by atoms with E-state index in [1.54, 1.807) is 7.11 Å². The van der Waals surface area contributed by atoms with Crippen LogP contribution < -0.4 is 14.5 Å². The number of hydrogen-bond donors (Lipinski definition) is 0. The summed E-state index contributed by atoms with van der Waals surface area (Å²) >= 11 is 12.3. The molecular weight excluding hydrogens is 585 g/mol. The number of rotatable bonds is 7. The normalized spacial score (nSPS) is 15.9. The highest BCUT2D eigenvalue weighted by atomic mass is 35.5. The third kappa shape index (κ3) is 6.69. The van der Waals surface area contributed by atoms with Crippen LogP contribution in [0.4, 0.5) is 11.6 Å². The number of para-hydroxylation sites is 2. The Morgan fingerprint density at radius 3 is 1.93 bits per heavy atom. The highest BCUT2D eigenvalue weighted by Gasteiger charge is 2.27. The molecule has 2 saturated heterocycles. The van der Waals surface area contributed by atoms with Crippen LogP contribution in [0.25, 0.3) is 22.5 Å². The molecule has 43 heavy (non-hydrogen) atoms. The van der Waals surface area contributed by atoms with Crippen molar-refractivity contribution in [3.05, 3.63) is 82.8 Å². The second-order valence-corrected chi connectivity index (χ2v) is 11.5. The minimum Gasteiger partial charge on any atom is -0.495 e. The number of hydrogen-bond acceptors (Lipinski definition) is 8. The molecule has 4 aromatic rings. The standard InChI is InChI=1S/C32H33Cl2N7O2/c1-43-28-5-3-2-4-27(28)39-16-14-38(15-17-39)22-29(42)40-18-20-41(21-19-40)32-35-30(23-6-10-25(33)11-7-23)31(36-37-32)24-8-12-26(34)13-9-24/h2-13H,14-22H2,1H3. The first-order chi connectivity index (χ1) is 21.0. The van der Waals surface area contributed by atoms with Gasteiger partial charge in [-0.2, -0.15) is 0 Å². The van der Waals surface area contributed by atoms with Crippen molar-refractivity contribution in [1.29, 1.82) is 0 Å². The summed E-state index contributed by atoms with van der Waals surface area (Å²) in [6.07, 6.45) is 0. The second-order valence-electron chi connectivity index (χ2n) is 10.6. The van der Waals surface area contributed by atoms with Crippen molar-refractivity contribution >= 4 is 40.7 Å². The van der Waals surface area contributed by atoms with E-state index in [1.807, 2.05) is 71.6 Å². The average Bonchev–Trinajstić information content (AvgIpc) is 3.06. The highest BCUT2D eigenvalue weighted by molar-refractivity contribution is 6.31. The largest absolute Gasteiger partial charge is 0.495 e. The summed E-state index contributed by atoms with van der Waals surface area (Å²) in [5.41, 5.74) is 4.26. The van der Waals surface area contributed by atoms with Gasteiger partial charge in [0.25, 0.3) is 0 Å². The molecule has 0 bridgehead atoms. The van der Waals surface area contributed by atoms with E-state index in [4.69, 9.17) is 32.9 Å². The van der Waals surface area contributed by atoms with Gasteiger partial charge < -0.3 is 19.4 Å². The van der Waals surface area contributed by atoms with Crippen molar-refractivity contribution in [2.45, 2.75) is 0 Å². The Balaban J connectivity index is 1.08. The van der Waals surface area contributed by atoms with E-state index in [1.165, 1.54) is 0 Å². The number of halogens is 2. The number of anilines is 2. The molecule has 2 fully saturated rings. The van der Waals surface area contributed by atoms with Crippen LogP contribution in [0.5, 0.6) is 5.75 Å².